The number of hydrazine groups is 1. The van der Waals surface area contributed by atoms with Gasteiger partial charge in [-0.3, -0.25) is 29.3 Å². The molecule has 2 N–H and O–H groups in total. The summed E-state index contributed by atoms with van der Waals surface area (Å²) in [7, 11) is 5.41. The fourth-order valence-electron chi connectivity index (χ4n) is 9.63. The number of ether oxygens (including phenoxy) is 2. The zero-order chi connectivity index (χ0) is 46.2. The van der Waals surface area contributed by atoms with Gasteiger partial charge in [0.25, 0.3) is 5.91 Å². The van der Waals surface area contributed by atoms with Gasteiger partial charge in [-0.15, -0.1) is 11.3 Å². The number of aromatic nitrogens is 3. The number of carbonyl (C=O) groups excluding carboxylic acids is 4. The normalized spacial score (nSPS) is 23.1. The predicted molar refractivity (Wildman–Crippen MR) is 249 cm³/mol. The first-order valence-electron chi connectivity index (χ1n) is 22.8. The quantitative estimate of drug-likeness (QED) is 0.193. The minimum absolute atomic E-state index is 0.0370. The van der Waals surface area contributed by atoms with E-state index in [0.29, 0.717) is 43.9 Å². The Hall–Kier alpha value is -4.90. The molecule has 0 radical (unpaired) electrons. The third-order valence-corrected chi connectivity index (χ3v) is 14.2. The summed E-state index contributed by atoms with van der Waals surface area (Å²) in [6.45, 7) is 18.7. The Kier molecular flexibility index (Phi) is 14.2. The Morgan fingerprint density at radius 1 is 1.12 bits per heavy atom. The summed E-state index contributed by atoms with van der Waals surface area (Å²) < 4.78 is 14.3. The van der Waals surface area contributed by atoms with E-state index in [1.54, 1.807) is 20.4 Å². The van der Waals surface area contributed by atoms with Crippen LogP contribution in [0.1, 0.15) is 90.6 Å². The number of piperazine rings is 1. The minimum atomic E-state index is -1.04. The van der Waals surface area contributed by atoms with E-state index in [2.05, 4.69) is 79.2 Å². The molecule has 4 amide bonds. The van der Waals surface area contributed by atoms with E-state index in [0.717, 1.165) is 51.2 Å². The summed E-state index contributed by atoms with van der Waals surface area (Å²) >= 11 is 1.43. The third kappa shape index (κ3) is 9.56. The summed E-state index contributed by atoms with van der Waals surface area (Å²) in [4.78, 5) is 72.6. The van der Waals surface area contributed by atoms with Gasteiger partial charge in [0, 0.05) is 97.9 Å². The van der Waals surface area contributed by atoms with Crippen molar-refractivity contribution >= 4 is 46.1 Å². The van der Waals surface area contributed by atoms with Crippen molar-refractivity contribution in [2.45, 2.75) is 124 Å². The van der Waals surface area contributed by atoms with E-state index in [-0.39, 0.29) is 49.1 Å². The van der Waals surface area contributed by atoms with Crippen LogP contribution in [0.2, 0.25) is 0 Å². The Labute approximate surface area is 381 Å². The van der Waals surface area contributed by atoms with E-state index in [4.69, 9.17) is 19.4 Å². The molecule has 0 unspecified atom stereocenters. The molecule has 6 atom stereocenters. The number of methoxy groups -OCH3 is 1. The first-order valence-corrected chi connectivity index (χ1v) is 23.7. The van der Waals surface area contributed by atoms with Gasteiger partial charge in [-0.25, -0.2) is 15.2 Å². The molecule has 0 spiro atoms. The summed E-state index contributed by atoms with van der Waals surface area (Å²) in [6.07, 6.45) is 3.30. The van der Waals surface area contributed by atoms with Gasteiger partial charge in [0.15, 0.2) is 0 Å². The van der Waals surface area contributed by atoms with Gasteiger partial charge in [-0.05, 0) is 89.8 Å². The maximum absolute atomic E-state index is 14.6. The van der Waals surface area contributed by atoms with E-state index in [9.17, 15) is 19.2 Å². The first-order chi connectivity index (χ1) is 30.4. The molecule has 3 aromatic heterocycles. The molecule has 346 valence electrons. The predicted octanol–water partition coefficient (Wildman–Crippen LogP) is 6.30. The van der Waals surface area contributed by atoms with Crippen LogP contribution in [0.3, 0.4) is 0 Å². The van der Waals surface area contributed by atoms with Gasteiger partial charge in [0.2, 0.25) is 5.91 Å². The average Bonchev–Trinajstić information content (AvgIpc) is 3.86. The van der Waals surface area contributed by atoms with Gasteiger partial charge < -0.3 is 29.2 Å². The molecule has 0 aliphatic carbocycles. The van der Waals surface area contributed by atoms with Crippen molar-refractivity contribution in [3.63, 3.8) is 0 Å². The fourth-order valence-corrected chi connectivity index (χ4v) is 10.5. The molecule has 2 fully saturated rings. The second-order valence-electron chi connectivity index (χ2n) is 19.1. The molecule has 15 nitrogen and oxygen atoms in total. The molecular weight excluding hydrogens is 831 g/mol. The van der Waals surface area contributed by atoms with Crippen LogP contribution in [-0.2, 0) is 43.2 Å². The van der Waals surface area contributed by atoms with E-state index in [1.807, 2.05) is 44.0 Å². The van der Waals surface area contributed by atoms with Crippen LogP contribution in [0, 0.1) is 11.3 Å². The Balaban J connectivity index is 1.28. The largest absolute Gasteiger partial charge is 0.464 e. The molecule has 3 aliphatic rings. The number of hydrogen-bond donors (Lipinski definition) is 2. The van der Waals surface area contributed by atoms with Gasteiger partial charge in [0.1, 0.15) is 18.1 Å². The number of cyclic esters (lactones) is 1. The Morgan fingerprint density at radius 3 is 2.61 bits per heavy atom. The number of amides is 4. The van der Waals surface area contributed by atoms with Crippen molar-refractivity contribution < 1.29 is 28.7 Å². The van der Waals surface area contributed by atoms with Crippen molar-refractivity contribution in [2.75, 3.05) is 47.4 Å². The number of pyridine rings is 1. The number of aryl methyl sites for hydroxylation is 1. The zero-order valence-corrected chi connectivity index (χ0v) is 40.3. The number of fused-ring (bicyclic) bond motifs is 6. The second-order valence-corrected chi connectivity index (χ2v) is 20.1. The fraction of sp³-hybridized carbons (Fsp3) is 0.583. The van der Waals surface area contributed by atoms with Crippen LogP contribution in [-0.4, -0.2) is 136 Å². The Bertz CT molecular complexity index is 2360. The highest BCUT2D eigenvalue weighted by Gasteiger charge is 2.40. The molecule has 2 saturated heterocycles. The van der Waals surface area contributed by atoms with Crippen LogP contribution in [0.5, 0.6) is 0 Å². The summed E-state index contributed by atoms with van der Waals surface area (Å²) in [6, 6.07) is 7.71. The summed E-state index contributed by atoms with van der Waals surface area (Å²) in [5.41, 5.74) is 9.40. The average molecular weight is 898 g/mol. The number of esters is 1. The maximum atomic E-state index is 14.6. The molecule has 16 heteroatoms. The zero-order valence-electron chi connectivity index (χ0n) is 39.4. The van der Waals surface area contributed by atoms with Crippen molar-refractivity contribution in [3.05, 3.63) is 58.2 Å². The van der Waals surface area contributed by atoms with Crippen LogP contribution in [0.4, 0.5) is 4.79 Å². The number of nitrogens with zero attached hydrogens (tertiary/aromatic N) is 7. The third-order valence-electron chi connectivity index (χ3n) is 13.3. The van der Waals surface area contributed by atoms with Crippen LogP contribution in [0.25, 0.3) is 33.4 Å². The highest BCUT2D eigenvalue weighted by molar-refractivity contribution is 7.10. The number of benzene rings is 1. The van der Waals surface area contributed by atoms with Gasteiger partial charge in [0.05, 0.1) is 34.8 Å². The first kappa shape index (κ1) is 47.1. The van der Waals surface area contributed by atoms with Crippen LogP contribution in [0.15, 0.2) is 41.9 Å². The van der Waals surface area contributed by atoms with Gasteiger partial charge in [-0.1, -0.05) is 33.8 Å². The second kappa shape index (κ2) is 19.3. The molecule has 0 saturated carbocycles. The smallest absolute Gasteiger partial charge is 0.324 e. The number of nitrogens with one attached hydrogen (secondary N) is 2. The number of hydrogen-bond acceptors (Lipinski definition) is 11. The van der Waals surface area contributed by atoms with E-state index in [1.165, 1.54) is 21.2 Å². The van der Waals surface area contributed by atoms with Crippen molar-refractivity contribution in [3.8, 4) is 22.5 Å². The molecule has 6 bridgehead atoms. The highest BCUT2D eigenvalue weighted by atomic mass is 32.1. The standard InChI is InChI=1S/C48H67N9O6S/c1-12-55-39-18-17-32-21-34(39)35(43(55)33-15-13-19-49-41(33)31(6)62-11)23-48(7,8)27-63-46(60)36-16-14-20-57(52-36)45(59)37(22-40-50-38(32)26-64-40)51-44(58)42(28(2)3)54(10)47(61)56-25-29(4)53(9)24-30(56)5/h13,15,17-19,21,26,28-31,36-37,42,52H,12,14,16,20,22-25,27H2,1-11H3,(H,51,58)/t29-,30+,31+,36+,37+,42+/m1/s1. The van der Waals surface area contributed by atoms with Crippen molar-refractivity contribution in [1.82, 2.24) is 45.0 Å². The molecular formula is C48H67N9O6S. The van der Waals surface area contributed by atoms with E-state index >= 15 is 0 Å². The lowest BCUT2D eigenvalue weighted by Gasteiger charge is -2.45. The van der Waals surface area contributed by atoms with Gasteiger partial charge >= 0.3 is 12.0 Å². The molecule has 3 aliphatic heterocycles. The molecule has 1 aromatic carbocycles. The lowest BCUT2D eigenvalue weighted by atomic mass is 9.84. The highest BCUT2D eigenvalue weighted by Crippen LogP contribution is 2.42. The number of carbonyl (C=O) groups is 4. The maximum Gasteiger partial charge on any atom is 0.324 e. The molecule has 6 heterocycles. The number of thiazole rings is 1. The van der Waals surface area contributed by atoms with Crippen LogP contribution < -0.4 is 10.7 Å². The van der Waals surface area contributed by atoms with Crippen LogP contribution >= 0.6 is 11.3 Å². The topological polar surface area (TPSA) is 154 Å². The monoisotopic (exact) mass is 897 g/mol. The SMILES string of the molecule is CCn1c(-c2cccnc2[C@H](C)OC)c2c3cc(ccc31)-c1csc(n1)C[C@H](NC(=O)[C@H](C(C)C)N(C)C(=O)N1C[C@@H](C)N(C)C[C@@H]1C)C(=O)N1CCC[C@H](N1)C(=O)OCC(C)(C)C2. The number of rotatable bonds is 8. The number of urea groups is 1. The lowest BCUT2D eigenvalue weighted by Crippen LogP contribution is -2.64. The van der Waals surface area contributed by atoms with Crippen molar-refractivity contribution in [2.24, 2.45) is 11.3 Å². The number of likely N-dealkylation sites (N-methyl/N-ethyl adjacent to an activating group) is 2. The molecule has 7 rings (SSSR count). The molecule has 64 heavy (non-hydrogen) atoms. The van der Waals surface area contributed by atoms with Crippen molar-refractivity contribution in [1.29, 1.82) is 0 Å². The summed E-state index contributed by atoms with van der Waals surface area (Å²) in [5, 5.41) is 8.24. The van der Waals surface area contributed by atoms with Gasteiger partial charge in [-0.2, -0.15) is 0 Å². The lowest BCUT2D eigenvalue weighted by molar-refractivity contribution is -0.155. The van der Waals surface area contributed by atoms with E-state index < -0.39 is 35.4 Å². The molecule has 4 aromatic rings. The minimum Gasteiger partial charge on any atom is -0.464 e. The Morgan fingerprint density at radius 2 is 1.89 bits per heavy atom. The summed E-state index contributed by atoms with van der Waals surface area (Å²) in [5.74, 6) is -1.52.